The largest absolute Gasteiger partial charge is 0.351 e. The monoisotopic (exact) mass is 446 g/mol. The molecule has 3 heterocycles. The molecule has 3 aromatic rings. The van der Waals surface area contributed by atoms with Crippen LogP contribution in [0.25, 0.3) is 11.0 Å². The van der Waals surface area contributed by atoms with E-state index in [-0.39, 0.29) is 11.8 Å². The van der Waals surface area contributed by atoms with Crippen LogP contribution in [0.1, 0.15) is 46.1 Å². The van der Waals surface area contributed by atoms with Crippen LogP contribution in [0.2, 0.25) is 0 Å². The third kappa shape index (κ3) is 4.61. The molecule has 0 spiro atoms. The summed E-state index contributed by atoms with van der Waals surface area (Å²) in [5.74, 6) is 0.505. The summed E-state index contributed by atoms with van der Waals surface area (Å²) in [5.41, 5.74) is 4.42. The van der Waals surface area contributed by atoms with Gasteiger partial charge in [0.25, 0.3) is 5.91 Å². The molecule has 0 radical (unpaired) electrons. The summed E-state index contributed by atoms with van der Waals surface area (Å²) in [6.45, 7) is 5.38. The molecule has 1 N–H and O–H groups in total. The summed E-state index contributed by atoms with van der Waals surface area (Å²) in [6.07, 6.45) is 2.27. The van der Waals surface area contributed by atoms with Crippen LogP contribution in [0, 0.1) is 6.92 Å². The molecule has 0 bridgehead atoms. The highest BCUT2D eigenvalue weighted by Crippen LogP contribution is 2.40. The first-order valence-corrected chi connectivity index (χ1v) is 11.7. The van der Waals surface area contributed by atoms with Crippen molar-refractivity contribution in [1.82, 2.24) is 29.9 Å². The molecule has 2 aromatic heterocycles. The van der Waals surface area contributed by atoms with Gasteiger partial charge in [-0.25, -0.2) is 4.98 Å². The van der Waals surface area contributed by atoms with Crippen LogP contribution in [0.3, 0.4) is 0 Å². The van der Waals surface area contributed by atoms with Crippen LogP contribution in [-0.2, 0) is 18.4 Å². The van der Waals surface area contributed by atoms with Gasteiger partial charge >= 0.3 is 0 Å². The lowest BCUT2D eigenvalue weighted by Crippen LogP contribution is -2.51. The van der Waals surface area contributed by atoms with Crippen molar-refractivity contribution in [3.8, 4) is 0 Å². The minimum absolute atomic E-state index is 0.00883. The number of hydrogen-bond acceptors (Lipinski definition) is 5. The molecule has 33 heavy (non-hydrogen) atoms. The van der Waals surface area contributed by atoms with Crippen molar-refractivity contribution in [1.29, 1.82) is 0 Å². The lowest BCUT2D eigenvalue weighted by molar-refractivity contribution is -0.122. The first-order valence-electron chi connectivity index (χ1n) is 11.7. The van der Waals surface area contributed by atoms with E-state index in [0.717, 1.165) is 40.8 Å². The quantitative estimate of drug-likeness (QED) is 0.628. The number of carbonyl (C=O) groups excluding carboxylic acids is 2. The molecule has 8 nitrogen and oxygen atoms in total. The van der Waals surface area contributed by atoms with Crippen molar-refractivity contribution in [3.63, 3.8) is 0 Å². The van der Waals surface area contributed by atoms with Gasteiger partial charge in [-0.1, -0.05) is 30.3 Å². The molecular weight excluding hydrogens is 416 g/mol. The van der Waals surface area contributed by atoms with Crippen molar-refractivity contribution in [2.75, 3.05) is 32.7 Å². The second kappa shape index (κ2) is 8.94. The highest BCUT2D eigenvalue weighted by molar-refractivity contribution is 6.06. The average molecular weight is 447 g/mol. The Bertz CT molecular complexity index is 1180. The Morgan fingerprint density at radius 2 is 1.82 bits per heavy atom. The van der Waals surface area contributed by atoms with Crippen molar-refractivity contribution >= 4 is 22.8 Å². The second-order valence-corrected chi connectivity index (χ2v) is 9.11. The van der Waals surface area contributed by atoms with Gasteiger partial charge in [-0.05, 0) is 31.4 Å². The van der Waals surface area contributed by atoms with Crippen molar-refractivity contribution < 1.29 is 9.59 Å². The van der Waals surface area contributed by atoms with E-state index in [9.17, 15) is 9.59 Å². The SMILES string of the molecule is Cc1nn(C)c2nc(C3CC3)cc(C(=O)N3CCN(CC(=O)NCc4ccccc4)CC3)c12. The molecular formula is C25H30N6O2. The fourth-order valence-corrected chi connectivity index (χ4v) is 4.56. The molecule has 0 unspecified atom stereocenters. The van der Waals surface area contributed by atoms with Crippen LogP contribution < -0.4 is 5.32 Å². The summed E-state index contributed by atoms with van der Waals surface area (Å²) in [5, 5.41) is 8.35. The summed E-state index contributed by atoms with van der Waals surface area (Å²) in [6, 6.07) is 11.9. The number of carbonyl (C=O) groups is 2. The Balaban J connectivity index is 1.22. The van der Waals surface area contributed by atoms with Gasteiger partial charge in [0.1, 0.15) is 0 Å². The lowest BCUT2D eigenvalue weighted by Gasteiger charge is -2.34. The molecule has 1 aliphatic heterocycles. The van der Waals surface area contributed by atoms with Gasteiger partial charge in [-0.2, -0.15) is 5.10 Å². The molecule has 0 atom stereocenters. The number of pyridine rings is 1. The molecule has 5 rings (SSSR count). The van der Waals surface area contributed by atoms with E-state index in [1.807, 2.05) is 55.3 Å². The van der Waals surface area contributed by atoms with Crippen molar-refractivity contribution in [2.45, 2.75) is 32.2 Å². The van der Waals surface area contributed by atoms with Gasteiger partial charge in [0.05, 0.1) is 23.2 Å². The van der Waals surface area contributed by atoms with Crippen molar-refractivity contribution in [2.24, 2.45) is 7.05 Å². The Kier molecular flexibility index (Phi) is 5.85. The average Bonchev–Trinajstić information content (AvgIpc) is 3.64. The first-order chi connectivity index (χ1) is 16.0. The highest BCUT2D eigenvalue weighted by atomic mass is 16.2. The van der Waals surface area contributed by atoms with Crippen LogP contribution in [0.5, 0.6) is 0 Å². The van der Waals surface area contributed by atoms with Gasteiger partial charge in [0.15, 0.2) is 5.65 Å². The maximum atomic E-state index is 13.5. The number of nitrogens with one attached hydrogen (secondary N) is 1. The zero-order valence-electron chi connectivity index (χ0n) is 19.3. The first kappa shape index (κ1) is 21.6. The van der Waals surface area contributed by atoms with Gasteiger partial charge < -0.3 is 10.2 Å². The van der Waals surface area contributed by atoms with E-state index in [1.165, 1.54) is 0 Å². The number of aryl methyl sites for hydroxylation is 2. The molecule has 2 fully saturated rings. The smallest absolute Gasteiger partial charge is 0.254 e. The molecule has 2 aliphatic rings. The molecule has 1 aliphatic carbocycles. The van der Waals surface area contributed by atoms with Gasteiger partial charge in [-0.15, -0.1) is 0 Å². The second-order valence-electron chi connectivity index (χ2n) is 9.11. The van der Waals surface area contributed by atoms with Crippen LogP contribution in [0.4, 0.5) is 0 Å². The van der Waals surface area contributed by atoms with E-state index >= 15 is 0 Å². The number of rotatable bonds is 6. The van der Waals surface area contributed by atoms with Crippen LogP contribution in [-0.4, -0.2) is 69.1 Å². The zero-order valence-corrected chi connectivity index (χ0v) is 19.3. The van der Waals surface area contributed by atoms with Gasteiger partial charge in [0.2, 0.25) is 5.91 Å². The molecule has 1 aromatic carbocycles. The number of hydrogen-bond donors (Lipinski definition) is 1. The van der Waals surface area contributed by atoms with Crippen LogP contribution in [0.15, 0.2) is 36.4 Å². The summed E-state index contributed by atoms with van der Waals surface area (Å²) in [7, 11) is 1.88. The summed E-state index contributed by atoms with van der Waals surface area (Å²) < 4.78 is 1.78. The predicted octanol–water partition coefficient (Wildman–Crippen LogP) is 2.23. The molecule has 1 saturated carbocycles. The van der Waals surface area contributed by atoms with Crippen molar-refractivity contribution in [3.05, 3.63) is 58.9 Å². The number of fused-ring (bicyclic) bond motifs is 1. The number of nitrogens with zero attached hydrogens (tertiary/aromatic N) is 5. The lowest BCUT2D eigenvalue weighted by atomic mass is 10.1. The fraction of sp³-hybridized carbons (Fsp3) is 0.440. The Morgan fingerprint density at radius 3 is 2.52 bits per heavy atom. The fourth-order valence-electron chi connectivity index (χ4n) is 4.56. The minimum atomic E-state index is 0.00883. The van der Waals surface area contributed by atoms with E-state index in [0.29, 0.717) is 50.7 Å². The summed E-state index contributed by atoms with van der Waals surface area (Å²) in [4.78, 5) is 34.7. The minimum Gasteiger partial charge on any atom is -0.351 e. The van der Waals surface area contributed by atoms with E-state index in [2.05, 4.69) is 15.3 Å². The maximum absolute atomic E-state index is 13.5. The molecule has 8 heteroatoms. The Labute approximate surface area is 193 Å². The van der Waals surface area contributed by atoms with E-state index in [1.54, 1.807) is 4.68 Å². The normalized spacial score (nSPS) is 16.8. The topological polar surface area (TPSA) is 83.4 Å². The van der Waals surface area contributed by atoms with Crippen LogP contribution >= 0.6 is 0 Å². The third-order valence-corrected chi connectivity index (χ3v) is 6.57. The number of piperazine rings is 1. The number of benzene rings is 1. The molecule has 2 amide bonds. The Morgan fingerprint density at radius 1 is 1.09 bits per heavy atom. The van der Waals surface area contributed by atoms with Gasteiger partial charge in [-0.3, -0.25) is 19.2 Å². The van der Waals surface area contributed by atoms with E-state index < -0.39 is 0 Å². The zero-order chi connectivity index (χ0) is 22.9. The highest BCUT2D eigenvalue weighted by Gasteiger charge is 2.30. The molecule has 1 saturated heterocycles. The predicted molar refractivity (Wildman–Crippen MR) is 126 cm³/mol. The standard InChI is InChI=1S/C25H30N6O2/c1-17-23-20(14-21(19-8-9-19)27-24(23)29(2)28-17)25(33)31-12-10-30(11-13-31)16-22(32)26-15-18-6-4-3-5-7-18/h3-7,14,19H,8-13,15-16H2,1-2H3,(H,26,32). The third-order valence-electron chi connectivity index (χ3n) is 6.57. The number of aromatic nitrogens is 3. The summed E-state index contributed by atoms with van der Waals surface area (Å²) >= 11 is 0. The molecule has 172 valence electrons. The Hall–Kier alpha value is -3.26. The van der Waals surface area contributed by atoms with Gasteiger partial charge in [0, 0.05) is 51.4 Å². The maximum Gasteiger partial charge on any atom is 0.254 e. The number of amides is 2. The van der Waals surface area contributed by atoms with E-state index in [4.69, 9.17) is 4.98 Å².